The van der Waals surface area contributed by atoms with Gasteiger partial charge in [0.2, 0.25) is 23.2 Å². The zero-order valence-corrected chi connectivity index (χ0v) is 77.1. The van der Waals surface area contributed by atoms with Gasteiger partial charge in [0.1, 0.15) is 0 Å². The number of hydrogen-bond donors (Lipinski definition) is 10. The van der Waals surface area contributed by atoms with Crippen molar-refractivity contribution >= 4 is 85.5 Å². The lowest BCUT2D eigenvalue weighted by atomic mass is 9.91. The lowest BCUT2D eigenvalue weighted by Crippen LogP contribution is -2.14. The molecule has 0 unspecified atom stereocenters. The van der Waals surface area contributed by atoms with Gasteiger partial charge >= 0.3 is 11.1 Å². The fourth-order valence-corrected chi connectivity index (χ4v) is 13.2. The third-order valence-corrected chi connectivity index (χ3v) is 20.4. The van der Waals surface area contributed by atoms with Gasteiger partial charge < -0.3 is 9.64 Å². The summed E-state index contributed by atoms with van der Waals surface area (Å²) in [7, 11) is 3.68. The van der Waals surface area contributed by atoms with Crippen molar-refractivity contribution in [2.75, 3.05) is 25.6 Å². The van der Waals surface area contributed by atoms with Gasteiger partial charge in [0.25, 0.3) is 28.1 Å². The molecule has 17 aromatic rings. The number of para-hydroxylation sites is 4. The SMILES string of the molecule is CCOc1[nH]n(-c2ccccc2)c(=O)c1N=Nc1cc(C(C)(C)C)[nH]n1.CN(C)c1[nH]n(-c2ccccc2)c(=O)c1N=Nc1cc(C(C)(C)C)[nH]n1.Cc1[nH]n(-c2ccccc2)c(=O)c1N=Nc1cc(C(C)(C)C)[nH]n1.[C-]#[N+]c1c(N=Nc2c(C)[nH]n(-c3cccc4ccccc34)c2=O)n[nH]c1C(C)(C)C.[C-]#[N+]c1c(N=Nc2c(C)[nH]n(-c3ccccc3)c2=O)n[nH]c1-c1ccccc1. The zero-order valence-electron chi connectivity index (χ0n) is 77.1. The standard InChI is InChI=1S/C22H21N7O.C20H15N7O.C18H23N7O.C18H22N6O2.C17H20N6O/c1-13-17(24-26-20-18(23-5)19(25-27-20)22(2,3)4)21(30)29(28-13)16-12-8-10-14-9-6-7-11-15(14)16;1-13-16(20(28)27(26-13)15-11-7-4-8-12-15)22-24-19-18(21-2)17(23-25-19)14-9-5-3-6-10-14;1-18(2,3)13-11-14(20-19-13)21-22-15-16(24(4)5)23-25(17(15)26)12-9-7-6-8-10-12;1-5-26-16-15(17(25)24(23-16)12-9-7-6-8-10-12)22-21-14-11-13(19-20-14)18(2,3)4;1-11-15(16(24)23(22-11)12-8-6-5-7-9-12)21-20-14-10-13(18-19-14)17(2,3)4/h6-12,28H,1-4H3,(H,25,27);3-12,26H,1H3,(H,23,25);6-11,23H,1-5H3,(H,19,20);6-11,23H,5H2,1-4H3,(H,19,20);5-10,22H,1-4H3,(H,18,19). The maximum absolute atomic E-state index is 13.1. The third-order valence-electron chi connectivity index (χ3n) is 20.4. The number of hydrogen-bond acceptors (Lipinski definition) is 22. The van der Waals surface area contributed by atoms with Gasteiger partial charge in [0.05, 0.1) is 71.0 Å². The van der Waals surface area contributed by atoms with Gasteiger partial charge in [-0.05, 0) is 98.7 Å². The van der Waals surface area contributed by atoms with Crippen LogP contribution in [0.2, 0.25) is 0 Å². The Labute approximate surface area is 767 Å². The number of aryl methyl sites for hydroxylation is 3. The van der Waals surface area contributed by atoms with Gasteiger partial charge in [-0.15, -0.1) is 51.1 Å². The van der Waals surface area contributed by atoms with E-state index in [-0.39, 0.29) is 101 Å². The summed E-state index contributed by atoms with van der Waals surface area (Å²) in [4.78, 5) is 72.7. The van der Waals surface area contributed by atoms with Crippen LogP contribution in [0.1, 0.15) is 130 Å². The minimum absolute atomic E-state index is 0.0508. The molecule has 0 radical (unpaired) electrons. The van der Waals surface area contributed by atoms with Crippen molar-refractivity contribution in [1.29, 1.82) is 0 Å². The molecule has 0 aliphatic rings. The van der Waals surface area contributed by atoms with Gasteiger partial charge in [-0.3, -0.25) is 75.0 Å². The number of azo groups is 5. The van der Waals surface area contributed by atoms with Gasteiger partial charge in [0, 0.05) is 76.7 Å². The zero-order chi connectivity index (χ0) is 95.9. The quantitative estimate of drug-likeness (QED) is 0.0267. The van der Waals surface area contributed by atoms with Crippen LogP contribution in [-0.4, -0.2) is 121 Å². The maximum atomic E-state index is 13.1. The highest BCUT2D eigenvalue weighted by Crippen LogP contribution is 2.40. The second-order valence-corrected chi connectivity index (χ2v) is 34.8. The Balaban J connectivity index is 0.000000142. The van der Waals surface area contributed by atoms with Crippen molar-refractivity contribution in [3.8, 4) is 45.6 Å². The van der Waals surface area contributed by atoms with Crippen LogP contribution in [0.15, 0.2) is 287 Å². The molecule has 10 heterocycles. The molecule has 0 saturated carbocycles. The molecule has 7 aromatic carbocycles. The van der Waals surface area contributed by atoms with Gasteiger partial charge in [-0.1, -0.05) is 223 Å². The number of H-pyrrole nitrogens is 10. The maximum Gasteiger partial charge on any atom is 0.303 e. The first kappa shape index (κ1) is 94.1. The van der Waals surface area contributed by atoms with E-state index in [0.717, 1.165) is 50.5 Å². The Morgan fingerprint density at radius 1 is 0.366 bits per heavy atom. The highest BCUT2D eigenvalue weighted by atomic mass is 16.5. The summed E-state index contributed by atoms with van der Waals surface area (Å²) in [5.41, 5.74) is 9.91. The number of nitrogens with zero attached hydrogens (tertiary/aromatic N) is 23. The fraction of sp³-hybridized carbons (Fsp3) is 0.242. The lowest BCUT2D eigenvalue weighted by molar-refractivity contribution is 0.325. The Morgan fingerprint density at radius 3 is 1.13 bits per heavy atom. The van der Waals surface area contributed by atoms with E-state index in [4.69, 9.17) is 17.9 Å². The topological polar surface area (TPSA) is 477 Å². The van der Waals surface area contributed by atoms with E-state index in [2.05, 4.69) is 200 Å². The molecule has 0 amide bonds. The van der Waals surface area contributed by atoms with Gasteiger partial charge in [-0.25, -0.2) is 33.1 Å². The molecule has 134 heavy (non-hydrogen) atoms. The second-order valence-electron chi connectivity index (χ2n) is 34.8. The van der Waals surface area contributed by atoms with Crippen molar-refractivity contribution in [2.45, 2.75) is 132 Å². The highest BCUT2D eigenvalue weighted by Gasteiger charge is 2.28. The van der Waals surface area contributed by atoms with Crippen LogP contribution in [-0.2, 0) is 21.7 Å². The molecule has 10 N–H and O–H groups in total. The molecule has 39 heteroatoms. The minimum Gasteiger partial charge on any atom is -0.477 e. The van der Waals surface area contributed by atoms with E-state index < -0.39 is 0 Å². The number of benzene rings is 7. The van der Waals surface area contributed by atoms with Gasteiger partial charge in [-0.2, -0.15) is 25.5 Å². The molecule has 0 spiro atoms. The van der Waals surface area contributed by atoms with Crippen molar-refractivity contribution in [3.63, 3.8) is 0 Å². The Bertz CT molecular complexity index is 7520. The Kier molecular flexibility index (Phi) is 28.4. The summed E-state index contributed by atoms with van der Waals surface area (Å²) >= 11 is 0. The molecule has 0 aliphatic carbocycles. The summed E-state index contributed by atoms with van der Waals surface area (Å²) in [6.07, 6.45) is 0. The van der Waals surface area contributed by atoms with Crippen molar-refractivity contribution < 1.29 is 4.74 Å². The average Bonchev–Trinajstić information content (AvgIpc) is 1.61. The predicted octanol–water partition coefficient (Wildman–Crippen LogP) is 22.0. The Morgan fingerprint density at radius 2 is 0.716 bits per heavy atom. The molecule has 0 aliphatic heterocycles. The summed E-state index contributed by atoms with van der Waals surface area (Å²) < 4.78 is 12.7. The fourth-order valence-electron chi connectivity index (χ4n) is 13.2. The number of fused-ring (bicyclic) bond motifs is 1. The first-order chi connectivity index (χ1) is 64.0. The summed E-state index contributed by atoms with van der Waals surface area (Å²) in [6.45, 7) is 47.1. The number of ether oxygens (including phenoxy) is 1. The van der Waals surface area contributed by atoms with Crippen LogP contribution in [0.3, 0.4) is 0 Å². The van der Waals surface area contributed by atoms with Crippen LogP contribution in [0.25, 0.3) is 60.2 Å². The van der Waals surface area contributed by atoms with E-state index in [1.54, 1.807) is 25.7 Å². The number of rotatable bonds is 19. The predicted molar refractivity (Wildman–Crippen MR) is 516 cm³/mol. The first-order valence-corrected chi connectivity index (χ1v) is 42.4. The van der Waals surface area contributed by atoms with E-state index in [0.29, 0.717) is 75.4 Å². The molecule has 39 nitrogen and oxygen atoms in total. The molecule has 682 valence electrons. The number of anilines is 1. The molecule has 17 rings (SSSR count). The van der Waals surface area contributed by atoms with Crippen LogP contribution in [0, 0.1) is 33.9 Å². The number of nitrogens with one attached hydrogen (secondary N) is 10. The molecular weight excluding hydrogens is 1700 g/mol. The summed E-state index contributed by atoms with van der Waals surface area (Å²) in [5.74, 6) is 2.46. The van der Waals surface area contributed by atoms with Crippen LogP contribution < -0.4 is 37.4 Å². The molecule has 0 fully saturated rings. The smallest absolute Gasteiger partial charge is 0.303 e. The lowest BCUT2D eigenvalue weighted by Gasteiger charge is -2.16. The molecule has 10 aromatic heterocycles. The van der Waals surface area contributed by atoms with Crippen molar-refractivity contribution in [1.82, 2.24) is 99.9 Å². The van der Waals surface area contributed by atoms with Crippen LogP contribution in [0.5, 0.6) is 5.88 Å². The Hall–Kier alpha value is -17.5. The van der Waals surface area contributed by atoms with Crippen LogP contribution >= 0.6 is 0 Å². The average molecular weight is 1800 g/mol. The molecular formula is C95H101N33O6. The molecule has 0 atom stereocenters. The number of aromatic nitrogens is 20. The van der Waals surface area contributed by atoms with E-state index in [9.17, 15) is 24.0 Å². The third kappa shape index (κ3) is 21.7. The van der Waals surface area contributed by atoms with Crippen molar-refractivity contribution in [2.24, 2.45) is 51.1 Å². The highest BCUT2D eigenvalue weighted by molar-refractivity contribution is 5.90. The number of aromatic amines is 10. The van der Waals surface area contributed by atoms with Gasteiger partial charge in [0.15, 0.2) is 46.0 Å². The van der Waals surface area contributed by atoms with E-state index in [1.807, 2.05) is 254 Å². The monoisotopic (exact) mass is 1800 g/mol. The normalized spacial score (nSPS) is 11.8. The largest absolute Gasteiger partial charge is 0.477 e. The minimum atomic E-state index is -0.338. The van der Waals surface area contributed by atoms with Crippen molar-refractivity contribution in [3.05, 3.63) is 327 Å². The summed E-state index contributed by atoms with van der Waals surface area (Å²) in [6, 6.07) is 65.6. The second kappa shape index (κ2) is 40.4. The van der Waals surface area contributed by atoms with E-state index >= 15 is 0 Å². The van der Waals surface area contributed by atoms with E-state index in [1.165, 1.54) is 23.4 Å². The van der Waals surface area contributed by atoms with Crippen LogP contribution in [0.4, 0.5) is 74.7 Å². The molecule has 0 bridgehead atoms. The molecule has 0 saturated heterocycles. The first-order valence-electron chi connectivity index (χ1n) is 42.4. The summed E-state index contributed by atoms with van der Waals surface area (Å²) in [5, 5.41) is 93.3.